The van der Waals surface area contributed by atoms with Gasteiger partial charge >= 0.3 is 5.97 Å². The van der Waals surface area contributed by atoms with Crippen molar-refractivity contribution in [1.29, 1.82) is 0 Å². The summed E-state index contributed by atoms with van der Waals surface area (Å²) in [6.07, 6.45) is 3.67. The standard InChI is InChI=1S/C21H24N4O4/c1-29-21(28)16-3-2-14-4-9-25(12-17(14)10-16)20(27)15-5-7-24(8-6-15)18-11-19(26)23-13-22-18/h2-3,10-11,13,15H,4-9,12H2,1H3,(H,22,23,26). The summed E-state index contributed by atoms with van der Waals surface area (Å²) in [4.78, 5) is 47.0. The number of aromatic amines is 1. The summed E-state index contributed by atoms with van der Waals surface area (Å²) < 4.78 is 4.80. The number of esters is 1. The van der Waals surface area contributed by atoms with Gasteiger partial charge in [0.1, 0.15) is 5.82 Å². The van der Waals surface area contributed by atoms with E-state index >= 15 is 0 Å². The Morgan fingerprint density at radius 2 is 1.93 bits per heavy atom. The van der Waals surface area contributed by atoms with E-state index in [0.717, 1.165) is 24.8 Å². The van der Waals surface area contributed by atoms with E-state index < -0.39 is 0 Å². The van der Waals surface area contributed by atoms with Gasteiger partial charge in [-0.15, -0.1) is 0 Å². The van der Waals surface area contributed by atoms with Crippen molar-refractivity contribution in [2.45, 2.75) is 25.8 Å². The first-order valence-corrected chi connectivity index (χ1v) is 9.84. The Kier molecular flexibility index (Phi) is 5.33. The zero-order valence-corrected chi connectivity index (χ0v) is 16.4. The monoisotopic (exact) mass is 396 g/mol. The number of fused-ring (bicyclic) bond motifs is 1. The van der Waals surface area contributed by atoms with Gasteiger partial charge in [-0.2, -0.15) is 0 Å². The summed E-state index contributed by atoms with van der Waals surface area (Å²) in [5, 5.41) is 0. The molecule has 0 aliphatic carbocycles. The quantitative estimate of drug-likeness (QED) is 0.787. The molecule has 1 amide bonds. The fourth-order valence-electron chi connectivity index (χ4n) is 4.13. The average molecular weight is 396 g/mol. The maximum Gasteiger partial charge on any atom is 0.337 e. The van der Waals surface area contributed by atoms with Crippen LogP contribution in [0.5, 0.6) is 0 Å². The number of hydrogen-bond acceptors (Lipinski definition) is 6. The fraction of sp³-hybridized carbons (Fsp3) is 0.429. The lowest BCUT2D eigenvalue weighted by Crippen LogP contribution is -2.44. The molecular weight excluding hydrogens is 372 g/mol. The van der Waals surface area contributed by atoms with Crippen molar-refractivity contribution in [3.8, 4) is 0 Å². The topological polar surface area (TPSA) is 95.6 Å². The van der Waals surface area contributed by atoms with E-state index in [-0.39, 0.29) is 23.4 Å². The highest BCUT2D eigenvalue weighted by molar-refractivity contribution is 5.89. The molecule has 3 heterocycles. The SMILES string of the molecule is COC(=O)c1ccc2c(c1)CN(C(=O)C1CCN(c3cc(=O)[nH]cn3)CC1)CC2. The molecule has 0 radical (unpaired) electrons. The van der Waals surface area contributed by atoms with Gasteiger partial charge in [-0.05, 0) is 42.5 Å². The van der Waals surface area contributed by atoms with Crippen LogP contribution in [0.2, 0.25) is 0 Å². The molecule has 0 unspecified atom stereocenters. The van der Waals surface area contributed by atoms with Gasteiger partial charge in [0.25, 0.3) is 5.56 Å². The van der Waals surface area contributed by atoms with E-state index in [1.54, 1.807) is 6.07 Å². The summed E-state index contributed by atoms with van der Waals surface area (Å²) in [5.41, 5.74) is 2.53. The Morgan fingerprint density at radius 3 is 2.66 bits per heavy atom. The minimum Gasteiger partial charge on any atom is -0.465 e. The van der Waals surface area contributed by atoms with Crippen LogP contribution in [0.4, 0.5) is 5.82 Å². The Balaban J connectivity index is 1.40. The number of aromatic nitrogens is 2. The third-order valence-electron chi connectivity index (χ3n) is 5.78. The molecule has 0 saturated carbocycles. The van der Waals surface area contributed by atoms with Crippen molar-refractivity contribution in [1.82, 2.24) is 14.9 Å². The Labute approximate surface area is 168 Å². The number of nitrogens with one attached hydrogen (secondary N) is 1. The van der Waals surface area contributed by atoms with E-state index in [4.69, 9.17) is 4.74 Å². The molecule has 2 aliphatic rings. The molecule has 1 N–H and O–H groups in total. The number of carbonyl (C=O) groups is 2. The first-order valence-electron chi connectivity index (χ1n) is 9.84. The number of piperidine rings is 1. The van der Waals surface area contributed by atoms with Crippen LogP contribution in [0, 0.1) is 5.92 Å². The fourth-order valence-corrected chi connectivity index (χ4v) is 4.13. The van der Waals surface area contributed by atoms with Crippen LogP contribution in [0.15, 0.2) is 35.4 Å². The molecule has 4 rings (SSSR count). The number of methoxy groups -OCH3 is 1. The number of hydrogen-bond donors (Lipinski definition) is 1. The lowest BCUT2D eigenvalue weighted by Gasteiger charge is -2.36. The highest BCUT2D eigenvalue weighted by Crippen LogP contribution is 2.26. The van der Waals surface area contributed by atoms with Crippen molar-refractivity contribution in [2.24, 2.45) is 5.92 Å². The number of benzene rings is 1. The zero-order chi connectivity index (χ0) is 20.4. The maximum absolute atomic E-state index is 13.1. The van der Waals surface area contributed by atoms with Crippen LogP contribution in [0.3, 0.4) is 0 Å². The molecule has 1 aromatic carbocycles. The highest BCUT2D eigenvalue weighted by atomic mass is 16.5. The van der Waals surface area contributed by atoms with E-state index in [1.165, 1.54) is 25.1 Å². The maximum atomic E-state index is 13.1. The van der Waals surface area contributed by atoms with Crippen LogP contribution in [0.1, 0.15) is 34.3 Å². The smallest absolute Gasteiger partial charge is 0.337 e. The Bertz CT molecular complexity index is 979. The summed E-state index contributed by atoms with van der Waals surface area (Å²) in [6.45, 7) is 2.61. The van der Waals surface area contributed by atoms with Crippen molar-refractivity contribution < 1.29 is 14.3 Å². The molecule has 1 saturated heterocycles. The molecule has 0 bridgehead atoms. The van der Waals surface area contributed by atoms with Crippen molar-refractivity contribution in [3.63, 3.8) is 0 Å². The Morgan fingerprint density at radius 1 is 1.14 bits per heavy atom. The van der Waals surface area contributed by atoms with Crippen molar-refractivity contribution >= 4 is 17.7 Å². The average Bonchev–Trinajstić information content (AvgIpc) is 2.77. The van der Waals surface area contributed by atoms with Gasteiger partial charge in [-0.3, -0.25) is 9.59 Å². The number of carbonyl (C=O) groups excluding carboxylic acids is 2. The van der Waals surface area contributed by atoms with Gasteiger partial charge in [-0.25, -0.2) is 9.78 Å². The second kappa shape index (κ2) is 8.06. The van der Waals surface area contributed by atoms with Crippen LogP contribution in [0.25, 0.3) is 0 Å². The number of H-pyrrole nitrogens is 1. The van der Waals surface area contributed by atoms with Gasteiger partial charge in [0, 0.05) is 38.2 Å². The van der Waals surface area contributed by atoms with E-state index in [9.17, 15) is 14.4 Å². The molecule has 2 aliphatic heterocycles. The summed E-state index contributed by atoms with van der Waals surface area (Å²) >= 11 is 0. The van der Waals surface area contributed by atoms with Crippen LogP contribution in [-0.4, -0.2) is 53.5 Å². The largest absolute Gasteiger partial charge is 0.465 e. The van der Waals surface area contributed by atoms with Gasteiger partial charge in [0.2, 0.25) is 5.91 Å². The van der Waals surface area contributed by atoms with Crippen molar-refractivity contribution in [2.75, 3.05) is 31.6 Å². The lowest BCUT2D eigenvalue weighted by atomic mass is 9.92. The van der Waals surface area contributed by atoms with Gasteiger partial charge in [-0.1, -0.05) is 6.07 Å². The number of rotatable bonds is 3. The molecule has 8 nitrogen and oxygen atoms in total. The minimum atomic E-state index is -0.364. The lowest BCUT2D eigenvalue weighted by molar-refractivity contribution is -0.137. The molecule has 152 valence electrons. The molecular formula is C21H24N4O4. The van der Waals surface area contributed by atoms with Gasteiger partial charge in [0.15, 0.2) is 0 Å². The predicted octanol–water partition coefficient (Wildman–Crippen LogP) is 1.36. The predicted molar refractivity (Wildman–Crippen MR) is 107 cm³/mol. The van der Waals surface area contributed by atoms with Crippen molar-refractivity contribution in [3.05, 3.63) is 57.6 Å². The number of ether oxygens (including phenoxy) is 1. The van der Waals surface area contributed by atoms with E-state index in [0.29, 0.717) is 37.6 Å². The zero-order valence-electron chi connectivity index (χ0n) is 16.4. The molecule has 0 atom stereocenters. The molecule has 8 heteroatoms. The first-order chi connectivity index (χ1) is 14.0. The molecule has 1 fully saturated rings. The third-order valence-corrected chi connectivity index (χ3v) is 5.78. The third kappa shape index (κ3) is 4.01. The van der Waals surface area contributed by atoms with Crippen LogP contribution in [-0.2, 0) is 22.5 Å². The minimum absolute atomic E-state index is 0.0291. The van der Waals surface area contributed by atoms with Gasteiger partial charge < -0.3 is 19.5 Å². The number of amides is 1. The second-order valence-corrected chi connectivity index (χ2v) is 7.52. The highest BCUT2D eigenvalue weighted by Gasteiger charge is 2.31. The number of anilines is 1. The molecule has 29 heavy (non-hydrogen) atoms. The number of nitrogens with zero attached hydrogens (tertiary/aromatic N) is 3. The molecule has 0 spiro atoms. The molecule has 2 aromatic rings. The van der Waals surface area contributed by atoms with Gasteiger partial charge in [0.05, 0.1) is 19.0 Å². The van der Waals surface area contributed by atoms with Crippen LogP contribution < -0.4 is 10.5 Å². The van der Waals surface area contributed by atoms with E-state index in [1.807, 2.05) is 21.9 Å². The first kappa shape index (κ1) is 19.2. The normalized spacial score (nSPS) is 17.0. The summed E-state index contributed by atoms with van der Waals surface area (Å²) in [6, 6.07) is 7.06. The summed E-state index contributed by atoms with van der Waals surface area (Å²) in [5.74, 6) is 0.426. The van der Waals surface area contributed by atoms with E-state index in [2.05, 4.69) is 9.97 Å². The molecule has 1 aromatic heterocycles. The summed E-state index contributed by atoms with van der Waals surface area (Å²) in [7, 11) is 1.37. The van der Waals surface area contributed by atoms with Crippen LogP contribution >= 0.6 is 0 Å². The second-order valence-electron chi connectivity index (χ2n) is 7.52. The Hall–Kier alpha value is -3.16.